The van der Waals surface area contributed by atoms with Crippen molar-refractivity contribution < 1.29 is 36.0 Å². The van der Waals surface area contributed by atoms with Gasteiger partial charge in [-0.2, -0.15) is 0 Å². The molecule has 2 aromatic carbocycles. The Labute approximate surface area is 122 Å². The molecule has 4 heteroatoms. The van der Waals surface area contributed by atoms with Crippen molar-refractivity contribution in [3.63, 3.8) is 0 Å². The standard InChI is InChI=1S/C14H12NO2.Hg/c1-17-14-9-11(7-8-13(14)16)10-15-12-5-3-2-4-6-12;/h3-10,16H,1H3;. The molecule has 87 valence electrons. The quantitative estimate of drug-likeness (QED) is 0.604. The van der Waals surface area contributed by atoms with E-state index < -0.39 is 0 Å². The molecule has 0 bridgehead atoms. The summed E-state index contributed by atoms with van der Waals surface area (Å²) in [5.74, 6) is 0.591. The Bertz CT molecular complexity index is 565. The summed E-state index contributed by atoms with van der Waals surface area (Å²) >= 11 is 0.659. The molecule has 0 aliphatic carbocycles. The van der Waals surface area contributed by atoms with Crippen molar-refractivity contribution in [3.8, 4) is 11.5 Å². The van der Waals surface area contributed by atoms with E-state index in [2.05, 4.69) is 17.1 Å². The van der Waals surface area contributed by atoms with Gasteiger partial charge in [-0.3, -0.25) is 0 Å². The zero-order valence-corrected chi connectivity index (χ0v) is 15.6. The number of aromatic hydroxyl groups is 1. The number of ether oxygens (including phenoxy) is 1. The van der Waals surface area contributed by atoms with Gasteiger partial charge in [-0.25, -0.2) is 0 Å². The van der Waals surface area contributed by atoms with Crippen LogP contribution >= 0.6 is 0 Å². The van der Waals surface area contributed by atoms with E-state index in [0.717, 1.165) is 11.3 Å². The van der Waals surface area contributed by atoms with E-state index in [-0.39, 0.29) is 5.75 Å². The topological polar surface area (TPSA) is 41.8 Å². The van der Waals surface area contributed by atoms with Crippen LogP contribution in [0.4, 0.5) is 5.69 Å². The average Bonchev–Trinajstić information content (AvgIpc) is 2.39. The molecule has 0 fully saturated rings. The van der Waals surface area contributed by atoms with E-state index in [4.69, 9.17) is 4.74 Å². The second-order valence-corrected chi connectivity index (χ2v) is 7.03. The molecule has 0 amide bonds. The van der Waals surface area contributed by atoms with Gasteiger partial charge in [0.1, 0.15) is 0 Å². The number of hydrogen-bond acceptors (Lipinski definition) is 3. The van der Waals surface area contributed by atoms with Gasteiger partial charge in [0, 0.05) is 0 Å². The van der Waals surface area contributed by atoms with Crippen LogP contribution in [0, 0.1) is 0 Å². The van der Waals surface area contributed by atoms with Crippen LogP contribution in [0.15, 0.2) is 47.5 Å². The summed E-state index contributed by atoms with van der Waals surface area (Å²) in [4.78, 5) is 4.38. The predicted octanol–water partition coefficient (Wildman–Crippen LogP) is 2.32. The first-order valence-electron chi connectivity index (χ1n) is 5.52. The van der Waals surface area contributed by atoms with E-state index in [1.54, 1.807) is 24.4 Å². The Hall–Kier alpha value is -1.35. The summed E-state index contributed by atoms with van der Waals surface area (Å²) in [5.41, 5.74) is 1.82. The fourth-order valence-corrected chi connectivity index (χ4v) is 2.42. The van der Waals surface area contributed by atoms with Gasteiger partial charge < -0.3 is 0 Å². The molecule has 0 saturated heterocycles. The Kier molecular flexibility index (Phi) is 4.36. The fourth-order valence-electron chi connectivity index (χ4n) is 1.51. The number of rotatable bonds is 3. The van der Waals surface area contributed by atoms with Crippen LogP contribution in [-0.4, -0.2) is 18.4 Å². The Morgan fingerprint density at radius 1 is 1.17 bits per heavy atom. The summed E-state index contributed by atoms with van der Waals surface area (Å²) < 4.78 is 6.45. The van der Waals surface area contributed by atoms with Gasteiger partial charge in [-0.05, 0) is 0 Å². The second kappa shape index (κ2) is 6.00. The third kappa shape index (κ3) is 3.32. The molecule has 0 heterocycles. The molecular weight excluding hydrogens is 415 g/mol. The minimum atomic E-state index is 0.136. The summed E-state index contributed by atoms with van der Waals surface area (Å²) in [5, 5.41) is 9.49. The van der Waals surface area contributed by atoms with Crippen LogP contribution in [0.25, 0.3) is 0 Å². The van der Waals surface area contributed by atoms with Crippen molar-refractivity contribution in [2.75, 3.05) is 7.11 Å². The molecule has 0 spiro atoms. The average molecular weight is 427 g/mol. The number of phenols is 1. The van der Waals surface area contributed by atoms with Gasteiger partial charge in [0.25, 0.3) is 0 Å². The monoisotopic (exact) mass is 428 g/mol. The van der Waals surface area contributed by atoms with Crippen molar-refractivity contribution in [2.45, 2.75) is 0 Å². The van der Waals surface area contributed by atoms with E-state index in [0.29, 0.717) is 31.9 Å². The van der Waals surface area contributed by atoms with Crippen molar-refractivity contribution in [1.82, 2.24) is 0 Å². The number of hydrogen-bond donors (Lipinski definition) is 1. The molecule has 3 nitrogen and oxygen atoms in total. The summed E-state index contributed by atoms with van der Waals surface area (Å²) in [6.45, 7) is 0. The van der Waals surface area contributed by atoms with Gasteiger partial charge in [0.15, 0.2) is 0 Å². The maximum atomic E-state index is 9.49. The van der Waals surface area contributed by atoms with Crippen LogP contribution in [0.3, 0.4) is 0 Å². The van der Waals surface area contributed by atoms with Crippen molar-refractivity contribution in [1.29, 1.82) is 0 Å². The molecule has 0 atom stereocenters. The zero-order chi connectivity index (χ0) is 13.0. The molecule has 0 aliphatic heterocycles. The molecule has 0 radical (unpaired) electrons. The number of nitrogens with zero attached hydrogens (tertiary/aromatic N) is 1. The van der Waals surface area contributed by atoms with Gasteiger partial charge in [-0.15, -0.1) is 0 Å². The molecule has 0 unspecified atom stereocenters. The second-order valence-electron chi connectivity index (χ2n) is 3.86. The summed E-state index contributed by atoms with van der Waals surface area (Å²) in [6.07, 6.45) is 1.76. The minimum absolute atomic E-state index is 0.136. The number of phenolic OH excluding ortho intramolecular Hbond substituents is 1. The SMILES string of the molecule is COc1cc(C=Nc2cc[c]([Hg])cc2)ccc1O. The van der Waals surface area contributed by atoms with Crippen molar-refractivity contribution >= 4 is 15.0 Å². The number of aliphatic imine (C=N–C) groups is 1. The molecule has 2 aromatic rings. The van der Waals surface area contributed by atoms with E-state index >= 15 is 0 Å². The Morgan fingerprint density at radius 2 is 1.89 bits per heavy atom. The molecule has 1 N–H and O–H groups in total. The van der Waals surface area contributed by atoms with Gasteiger partial charge in [0.05, 0.1) is 0 Å². The van der Waals surface area contributed by atoms with E-state index in [1.165, 1.54) is 10.2 Å². The number of methoxy groups -OCH3 is 1. The predicted molar refractivity (Wildman–Crippen MR) is 68.0 cm³/mol. The van der Waals surface area contributed by atoms with Crippen molar-refractivity contribution in [2.24, 2.45) is 4.99 Å². The Morgan fingerprint density at radius 3 is 2.56 bits per heavy atom. The maximum absolute atomic E-state index is 9.49. The molecule has 18 heavy (non-hydrogen) atoms. The van der Waals surface area contributed by atoms with Gasteiger partial charge in [-0.1, -0.05) is 0 Å². The first kappa shape index (κ1) is 13.1. The molecular formula is C14H12HgNO2. The molecule has 0 aliphatic rings. The fraction of sp³-hybridized carbons (Fsp3) is 0.0714. The number of benzene rings is 2. The van der Waals surface area contributed by atoms with Crippen LogP contribution < -0.4 is 7.81 Å². The molecule has 2 rings (SSSR count). The van der Waals surface area contributed by atoms with Crippen LogP contribution in [0.1, 0.15) is 5.56 Å². The molecule has 0 aromatic heterocycles. The van der Waals surface area contributed by atoms with Crippen LogP contribution in [-0.2, 0) is 26.1 Å². The van der Waals surface area contributed by atoms with Crippen molar-refractivity contribution in [3.05, 3.63) is 48.0 Å². The third-order valence-corrected chi connectivity index (χ3v) is 4.34. The summed E-state index contributed by atoms with van der Waals surface area (Å²) in [6, 6.07) is 13.4. The van der Waals surface area contributed by atoms with E-state index in [1.807, 2.05) is 12.1 Å². The molecule has 0 saturated carbocycles. The van der Waals surface area contributed by atoms with Gasteiger partial charge >= 0.3 is 123 Å². The van der Waals surface area contributed by atoms with Crippen LogP contribution in [0.5, 0.6) is 11.5 Å². The Balaban J connectivity index is 2.20. The van der Waals surface area contributed by atoms with Crippen LogP contribution in [0.2, 0.25) is 0 Å². The first-order chi connectivity index (χ1) is 8.69. The zero-order valence-electron chi connectivity index (χ0n) is 10.1. The third-order valence-electron chi connectivity index (χ3n) is 2.50. The van der Waals surface area contributed by atoms with Gasteiger partial charge in [0.2, 0.25) is 0 Å². The summed E-state index contributed by atoms with van der Waals surface area (Å²) in [7, 11) is 1.53. The first-order valence-corrected chi connectivity index (χ1v) is 8.27. The van der Waals surface area contributed by atoms with E-state index in [9.17, 15) is 5.11 Å². The normalized spacial score (nSPS) is 10.8.